The molecule has 0 rings (SSSR count). The topological polar surface area (TPSA) is 155 Å². The molecule has 4 N–H and O–H groups in total. The highest BCUT2D eigenvalue weighted by Crippen LogP contribution is 2.43. The predicted octanol–water partition coefficient (Wildman–Crippen LogP) is 10.4. The Labute approximate surface area is 317 Å². The molecule has 0 saturated carbocycles. The number of esters is 2. The van der Waals surface area contributed by atoms with Crippen molar-refractivity contribution in [3.8, 4) is 0 Å². The van der Waals surface area contributed by atoms with Gasteiger partial charge in [-0.3, -0.25) is 18.6 Å². The molecular formula is C41H76NO9P. The van der Waals surface area contributed by atoms with Crippen molar-refractivity contribution >= 4 is 19.8 Å². The van der Waals surface area contributed by atoms with E-state index in [-0.39, 0.29) is 32.6 Å². The fourth-order valence-electron chi connectivity index (χ4n) is 5.55. The minimum Gasteiger partial charge on any atom is -0.462 e. The van der Waals surface area contributed by atoms with Crippen LogP contribution in [0.1, 0.15) is 174 Å². The van der Waals surface area contributed by atoms with Crippen LogP contribution in [0.15, 0.2) is 36.5 Å². The Bertz CT molecular complexity index is 972. The average Bonchev–Trinajstić information content (AvgIpc) is 3.12. The molecule has 0 aromatic carbocycles. The van der Waals surface area contributed by atoms with E-state index in [9.17, 15) is 24.2 Å². The Morgan fingerprint density at radius 3 is 1.77 bits per heavy atom. The van der Waals surface area contributed by atoms with Crippen LogP contribution in [0.5, 0.6) is 0 Å². The average molecular weight is 758 g/mol. The van der Waals surface area contributed by atoms with Crippen LogP contribution in [-0.2, 0) is 32.7 Å². The Morgan fingerprint density at radius 1 is 0.673 bits per heavy atom. The quantitative estimate of drug-likeness (QED) is 0.0182. The number of nitrogens with two attached hydrogens (primary N) is 1. The lowest BCUT2D eigenvalue weighted by Gasteiger charge is -2.19. The molecule has 0 aliphatic heterocycles. The molecule has 0 bridgehead atoms. The first kappa shape index (κ1) is 50.2. The van der Waals surface area contributed by atoms with E-state index in [1.54, 1.807) is 6.08 Å². The van der Waals surface area contributed by atoms with Gasteiger partial charge in [-0.1, -0.05) is 159 Å². The smallest absolute Gasteiger partial charge is 0.462 e. The van der Waals surface area contributed by atoms with Crippen molar-refractivity contribution < 1.29 is 42.7 Å². The van der Waals surface area contributed by atoms with Crippen LogP contribution in [0.25, 0.3) is 0 Å². The lowest BCUT2D eigenvalue weighted by Crippen LogP contribution is -2.29. The first-order valence-electron chi connectivity index (χ1n) is 20.6. The van der Waals surface area contributed by atoms with Crippen LogP contribution in [0.4, 0.5) is 0 Å². The highest BCUT2D eigenvalue weighted by molar-refractivity contribution is 7.47. The summed E-state index contributed by atoms with van der Waals surface area (Å²) in [5.74, 6) is -0.879. The first-order chi connectivity index (χ1) is 25.2. The summed E-state index contributed by atoms with van der Waals surface area (Å²) in [6, 6.07) is 0. The normalized spacial score (nSPS) is 14.3. The molecule has 0 fully saturated rings. The Hall–Kier alpha value is -1.81. The molecule has 52 heavy (non-hydrogen) atoms. The molecule has 0 heterocycles. The number of carbonyl (C=O) groups excluding carboxylic acids is 2. The molecule has 0 aromatic heterocycles. The zero-order chi connectivity index (χ0) is 38.4. The van der Waals surface area contributed by atoms with Gasteiger partial charge in [0.05, 0.1) is 19.3 Å². The first-order valence-corrected chi connectivity index (χ1v) is 22.1. The maximum atomic E-state index is 12.5. The van der Waals surface area contributed by atoms with Gasteiger partial charge in [0.2, 0.25) is 0 Å². The number of unbranched alkanes of at least 4 members (excludes halogenated alkanes) is 19. The van der Waals surface area contributed by atoms with Crippen molar-refractivity contribution in [2.45, 2.75) is 187 Å². The summed E-state index contributed by atoms with van der Waals surface area (Å²) < 4.78 is 32.7. The third-order valence-corrected chi connectivity index (χ3v) is 9.60. The van der Waals surface area contributed by atoms with E-state index in [1.165, 1.54) is 77.0 Å². The fraction of sp³-hybridized carbons (Fsp3) is 0.805. The third kappa shape index (κ3) is 36.5. The Kier molecular flexibility index (Phi) is 36.2. The van der Waals surface area contributed by atoms with Crippen LogP contribution in [0.2, 0.25) is 0 Å². The summed E-state index contributed by atoms with van der Waals surface area (Å²) in [6.07, 6.45) is 36.4. The number of ether oxygens (including phenoxy) is 2. The number of aliphatic hydroxyl groups is 1. The van der Waals surface area contributed by atoms with Crippen molar-refractivity contribution in [2.75, 3.05) is 26.4 Å². The van der Waals surface area contributed by atoms with E-state index >= 15 is 0 Å². The zero-order valence-electron chi connectivity index (χ0n) is 32.9. The maximum absolute atomic E-state index is 12.5. The van der Waals surface area contributed by atoms with Crippen molar-refractivity contribution in [1.82, 2.24) is 0 Å². The van der Waals surface area contributed by atoms with Gasteiger partial charge in [0.25, 0.3) is 0 Å². The molecule has 3 atom stereocenters. The van der Waals surface area contributed by atoms with E-state index in [1.807, 2.05) is 24.3 Å². The lowest BCUT2D eigenvalue weighted by atomic mass is 10.0. The van der Waals surface area contributed by atoms with Crippen LogP contribution < -0.4 is 5.73 Å². The van der Waals surface area contributed by atoms with E-state index in [4.69, 9.17) is 24.3 Å². The third-order valence-electron chi connectivity index (χ3n) is 8.62. The number of rotatable bonds is 38. The van der Waals surface area contributed by atoms with Gasteiger partial charge < -0.3 is 25.2 Å². The molecule has 0 spiro atoms. The molecule has 10 nitrogen and oxygen atoms in total. The van der Waals surface area contributed by atoms with Gasteiger partial charge in [0, 0.05) is 19.4 Å². The summed E-state index contributed by atoms with van der Waals surface area (Å²) >= 11 is 0. The van der Waals surface area contributed by atoms with Crippen LogP contribution in [-0.4, -0.2) is 60.5 Å². The largest absolute Gasteiger partial charge is 0.472 e. The fourth-order valence-corrected chi connectivity index (χ4v) is 6.32. The number of phosphoric ester groups is 1. The van der Waals surface area contributed by atoms with E-state index in [0.29, 0.717) is 12.8 Å². The van der Waals surface area contributed by atoms with E-state index < -0.39 is 38.6 Å². The van der Waals surface area contributed by atoms with Gasteiger partial charge in [-0.15, -0.1) is 0 Å². The molecular weight excluding hydrogens is 681 g/mol. The molecule has 0 amide bonds. The minimum atomic E-state index is -4.39. The number of allylic oxidation sites excluding steroid dienone is 4. The minimum absolute atomic E-state index is 0.0414. The van der Waals surface area contributed by atoms with Gasteiger partial charge >= 0.3 is 19.8 Å². The molecule has 0 aliphatic carbocycles. The van der Waals surface area contributed by atoms with E-state index in [0.717, 1.165) is 57.8 Å². The summed E-state index contributed by atoms with van der Waals surface area (Å²) in [6.45, 7) is 3.48. The zero-order valence-corrected chi connectivity index (χ0v) is 33.8. The standard InChI is InChI=1S/C41H76NO9P/c1-3-5-7-8-9-10-11-12-13-14-15-18-21-24-28-32-40(44)48-36-39(37-50-52(46,47)49-35-34-42)51-41(45)33-29-25-22-19-16-17-20-23-27-31-38(43)30-26-6-4-2/h6,20,23,26-27,31,38-39,43H,3-5,7-19,21-22,24-25,28-30,32-37,42H2,1-2H3,(H,46,47)/b23-20+,26-6+,31-27+. The van der Waals surface area contributed by atoms with Crippen molar-refractivity contribution in [3.05, 3.63) is 36.5 Å². The summed E-state index contributed by atoms with van der Waals surface area (Å²) in [7, 11) is -4.39. The van der Waals surface area contributed by atoms with Gasteiger partial charge in [-0.2, -0.15) is 0 Å². The summed E-state index contributed by atoms with van der Waals surface area (Å²) in [4.78, 5) is 34.8. The second kappa shape index (κ2) is 37.5. The van der Waals surface area contributed by atoms with E-state index in [2.05, 4.69) is 19.9 Å². The molecule has 0 aromatic rings. The molecule has 0 saturated heterocycles. The van der Waals surface area contributed by atoms with Gasteiger partial charge in [-0.05, 0) is 38.5 Å². The molecule has 0 radical (unpaired) electrons. The Morgan fingerprint density at radius 2 is 1.21 bits per heavy atom. The number of aliphatic hydroxyl groups excluding tert-OH is 1. The lowest BCUT2D eigenvalue weighted by molar-refractivity contribution is -0.161. The van der Waals surface area contributed by atoms with Crippen molar-refractivity contribution in [1.29, 1.82) is 0 Å². The molecule has 304 valence electrons. The van der Waals surface area contributed by atoms with Crippen LogP contribution >= 0.6 is 7.82 Å². The SMILES string of the molecule is CC/C=C/CC(O)/C=C/C=C/CCCCCCCC(=O)OC(COC(=O)CCCCCCCCCCCCCCCCC)COP(=O)(O)OCCN. The highest BCUT2D eigenvalue weighted by atomic mass is 31.2. The van der Waals surface area contributed by atoms with Crippen LogP contribution in [0, 0.1) is 0 Å². The summed E-state index contributed by atoms with van der Waals surface area (Å²) in [5, 5.41) is 9.86. The van der Waals surface area contributed by atoms with Crippen molar-refractivity contribution in [3.63, 3.8) is 0 Å². The maximum Gasteiger partial charge on any atom is 0.472 e. The van der Waals surface area contributed by atoms with Crippen LogP contribution in [0.3, 0.4) is 0 Å². The summed E-state index contributed by atoms with van der Waals surface area (Å²) in [5.41, 5.74) is 5.33. The van der Waals surface area contributed by atoms with Gasteiger partial charge in [-0.25, -0.2) is 4.57 Å². The number of phosphoric acid groups is 1. The van der Waals surface area contributed by atoms with Gasteiger partial charge in [0.1, 0.15) is 6.61 Å². The number of carbonyl (C=O) groups is 2. The second-order valence-electron chi connectivity index (χ2n) is 13.7. The highest BCUT2D eigenvalue weighted by Gasteiger charge is 2.26. The number of hydrogen-bond donors (Lipinski definition) is 3. The number of hydrogen-bond acceptors (Lipinski definition) is 9. The predicted molar refractivity (Wildman–Crippen MR) is 212 cm³/mol. The van der Waals surface area contributed by atoms with Crippen molar-refractivity contribution in [2.24, 2.45) is 5.73 Å². The molecule has 11 heteroatoms. The second-order valence-corrected chi connectivity index (χ2v) is 15.1. The molecule has 3 unspecified atom stereocenters. The van der Waals surface area contributed by atoms with Gasteiger partial charge in [0.15, 0.2) is 6.10 Å². The monoisotopic (exact) mass is 758 g/mol. The Balaban J connectivity index is 4.24. The molecule has 0 aliphatic rings.